The number of hydrogen-bond acceptors (Lipinski definition) is 7. The van der Waals surface area contributed by atoms with Crippen LogP contribution in [0.4, 0.5) is 0 Å². The molecule has 0 N–H and O–H groups in total. The van der Waals surface area contributed by atoms with E-state index >= 15 is 0 Å². The van der Waals surface area contributed by atoms with Crippen LogP contribution in [0.25, 0.3) is 21.7 Å². The molecule has 27 heavy (non-hydrogen) atoms. The summed E-state index contributed by atoms with van der Waals surface area (Å²) in [6.07, 6.45) is 1.52. The van der Waals surface area contributed by atoms with Crippen molar-refractivity contribution < 1.29 is 13.9 Å². The van der Waals surface area contributed by atoms with Gasteiger partial charge in [-0.05, 0) is 31.2 Å². The van der Waals surface area contributed by atoms with Crippen LogP contribution < -0.4 is 0 Å². The topological polar surface area (TPSA) is 65.2 Å². The average molecular weight is 396 g/mol. The molecule has 0 spiro atoms. The third-order valence-electron chi connectivity index (χ3n) is 3.82. The number of ether oxygens (including phenoxy) is 1. The molecule has 0 saturated heterocycles. The number of aryl methyl sites for hydroxylation is 1. The summed E-state index contributed by atoms with van der Waals surface area (Å²) in [4.78, 5) is 20.9. The summed E-state index contributed by atoms with van der Waals surface area (Å²) in [5.41, 5.74) is 3.60. The molecule has 7 heteroatoms. The van der Waals surface area contributed by atoms with E-state index in [1.54, 1.807) is 11.3 Å². The normalized spacial score (nSPS) is 11.0. The number of fused-ring (bicyclic) bond motifs is 1. The second kappa shape index (κ2) is 7.94. The minimum absolute atomic E-state index is 0.0919. The van der Waals surface area contributed by atoms with Crippen LogP contribution in [0.15, 0.2) is 63.6 Å². The van der Waals surface area contributed by atoms with Crippen LogP contribution in [-0.2, 0) is 16.1 Å². The second-order valence-corrected chi connectivity index (χ2v) is 8.16. The third-order valence-corrected chi connectivity index (χ3v) is 5.97. The molecule has 136 valence electrons. The van der Waals surface area contributed by atoms with E-state index in [9.17, 15) is 4.79 Å². The number of oxazole rings is 1. The minimum atomic E-state index is -0.306. The lowest BCUT2D eigenvalue weighted by Gasteiger charge is -2.00. The lowest BCUT2D eigenvalue weighted by atomic mass is 10.1. The molecule has 0 atom stereocenters. The van der Waals surface area contributed by atoms with Crippen LogP contribution >= 0.6 is 23.1 Å². The predicted molar refractivity (Wildman–Crippen MR) is 107 cm³/mol. The lowest BCUT2D eigenvalue weighted by molar-refractivity contribution is -0.141. The van der Waals surface area contributed by atoms with Crippen LogP contribution in [0.1, 0.15) is 11.3 Å². The van der Waals surface area contributed by atoms with Crippen molar-refractivity contribution in [2.75, 3.05) is 5.75 Å². The Hall–Kier alpha value is -2.64. The van der Waals surface area contributed by atoms with Gasteiger partial charge in [-0.25, -0.2) is 9.97 Å². The number of aromatic nitrogens is 2. The molecule has 0 aliphatic carbocycles. The van der Waals surface area contributed by atoms with Gasteiger partial charge in [-0.2, -0.15) is 0 Å². The smallest absolute Gasteiger partial charge is 0.316 e. The van der Waals surface area contributed by atoms with Crippen LogP contribution in [0.3, 0.4) is 0 Å². The fraction of sp³-hybridized carbons (Fsp3) is 0.150. The number of nitrogens with zero attached hydrogens (tertiary/aromatic N) is 2. The monoisotopic (exact) mass is 396 g/mol. The van der Waals surface area contributed by atoms with Crippen molar-refractivity contribution >= 4 is 39.3 Å². The molecule has 0 amide bonds. The maximum absolute atomic E-state index is 12.0. The number of benzene rings is 2. The van der Waals surface area contributed by atoms with Crippen LogP contribution in [0.5, 0.6) is 0 Å². The number of esters is 1. The zero-order chi connectivity index (χ0) is 18.6. The Kier molecular flexibility index (Phi) is 5.22. The molecule has 5 nitrogen and oxygen atoms in total. The largest absolute Gasteiger partial charge is 0.458 e. The summed E-state index contributed by atoms with van der Waals surface area (Å²) in [7, 11) is 0. The highest BCUT2D eigenvalue weighted by Gasteiger charge is 2.11. The minimum Gasteiger partial charge on any atom is -0.458 e. The molecule has 0 aliphatic rings. The highest BCUT2D eigenvalue weighted by molar-refractivity contribution is 8.01. The Labute approximate surface area is 164 Å². The Balaban J connectivity index is 1.29. The first-order valence-corrected chi connectivity index (χ1v) is 10.1. The number of hydrogen-bond donors (Lipinski definition) is 0. The van der Waals surface area contributed by atoms with Crippen molar-refractivity contribution in [1.29, 1.82) is 0 Å². The van der Waals surface area contributed by atoms with Gasteiger partial charge in [-0.3, -0.25) is 4.79 Å². The van der Waals surface area contributed by atoms with Crippen molar-refractivity contribution in [2.24, 2.45) is 0 Å². The Morgan fingerprint density at radius 2 is 1.96 bits per heavy atom. The van der Waals surface area contributed by atoms with Gasteiger partial charge < -0.3 is 9.15 Å². The molecule has 0 fully saturated rings. The lowest BCUT2D eigenvalue weighted by Crippen LogP contribution is -2.07. The number of carbonyl (C=O) groups is 1. The Morgan fingerprint density at radius 1 is 1.15 bits per heavy atom. The third kappa shape index (κ3) is 4.37. The maximum Gasteiger partial charge on any atom is 0.316 e. The van der Waals surface area contributed by atoms with E-state index in [1.807, 2.05) is 55.5 Å². The van der Waals surface area contributed by atoms with E-state index in [4.69, 9.17) is 9.15 Å². The van der Waals surface area contributed by atoms with Gasteiger partial charge in [-0.15, -0.1) is 11.3 Å². The van der Waals surface area contributed by atoms with E-state index in [1.165, 1.54) is 23.6 Å². The van der Waals surface area contributed by atoms with Gasteiger partial charge in [0.05, 0.1) is 16.0 Å². The van der Waals surface area contributed by atoms with Gasteiger partial charge in [0.1, 0.15) is 18.6 Å². The molecule has 0 bridgehead atoms. The zero-order valence-electron chi connectivity index (χ0n) is 14.5. The van der Waals surface area contributed by atoms with E-state index in [-0.39, 0.29) is 18.3 Å². The number of rotatable bonds is 6. The summed E-state index contributed by atoms with van der Waals surface area (Å²) in [6, 6.07) is 15.8. The molecule has 0 aliphatic heterocycles. The summed E-state index contributed by atoms with van der Waals surface area (Å²) < 4.78 is 12.7. The van der Waals surface area contributed by atoms with Gasteiger partial charge >= 0.3 is 5.97 Å². The summed E-state index contributed by atoms with van der Waals surface area (Å²) in [5.74, 6) is 0.423. The molecule has 2 aromatic carbocycles. The number of thioether (sulfide) groups is 1. The quantitative estimate of drug-likeness (QED) is 0.334. The fourth-order valence-corrected chi connectivity index (χ4v) is 4.30. The molecule has 0 unspecified atom stereocenters. The van der Waals surface area contributed by atoms with E-state index < -0.39 is 0 Å². The van der Waals surface area contributed by atoms with Gasteiger partial charge in [0.2, 0.25) is 5.89 Å². The van der Waals surface area contributed by atoms with Crippen molar-refractivity contribution in [3.8, 4) is 11.5 Å². The van der Waals surface area contributed by atoms with Crippen molar-refractivity contribution in [3.63, 3.8) is 0 Å². The first-order chi connectivity index (χ1) is 13.2. The molecule has 0 radical (unpaired) electrons. The van der Waals surface area contributed by atoms with Gasteiger partial charge in [-0.1, -0.05) is 41.6 Å². The molecular formula is C20H16N2O3S2. The van der Waals surface area contributed by atoms with E-state index in [2.05, 4.69) is 9.97 Å². The molecule has 2 heterocycles. The van der Waals surface area contributed by atoms with Crippen LogP contribution in [0.2, 0.25) is 0 Å². The van der Waals surface area contributed by atoms with E-state index in [0.29, 0.717) is 11.6 Å². The summed E-state index contributed by atoms with van der Waals surface area (Å²) in [5, 5.41) is 0. The number of carbonyl (C=O) groups excluding carboxylic acids is 1. The Bertz CT molecular complexity index is 1040. The highest BCUT2D eigenvalue weighted by Crippen LogP contribution is 2.29. The first-order valence-electron chi connectivity index (χ1n) is 8.33. The number of para-hydroxylation sites is 1. The second-order valence-electron chi connectivity index (χ2n) is 5.91. The first kappa shape index (κ1) is 17.8. The standard InChI is InChI=1S/C20H16N2O3S2/c1-13-6-8-14(9-7-13)19-21-15(11-25-19)10-24-18(23)12-26-20-22-16-4-2-3-5-17(16)27-20/h2-9,11H,10,12H2,1H3. The molecule has 0 saturated carbocycles. The van der Waals surface area contributed by atoms with Gasteiger partial charge in [0.15, 0.2) is 4.34 Å². The van der Waals surface area contributed by atoms with Crippen molar-refractivity contribution in [2.45, 2.75) is 17.9 Å². The van der Waals surface area contributed by atoms with Gasteiger partial charge in [0, 0.05) is 5.56 Å². The number of thiazole rings is 1. The summed E-state index contributed by atoms with van der Waals surface area (Å²) in [6.45, 7) is 2.12. The zero-order valence-corrected chi connectivity index (χ0v) is 16.2. The fourth-order valence-electron chi connectivity index (χ4n) is 2.43. The average Bonchev–Trinajstić information content (AvgIpc) is 3.32. The Morgan fingerprint density at radius 3 is 2.78 bits per heavy atom. The summed E-state index contributed by atoms with van der Waals surface area (Å²) >= 11 is 2.95. The highest BCUT2D eigenvalue weighted by atomic mass is 32.2. The SMILES string of the molecule is Cc1ccc(-c2nc(COC(=O)CSc3nc4ccccc4s3)co2)cc1. The van der Waals surface area contributed by atoms with Crippen LogP contribution in [0, 0.1) is 6.92 Å². The molecule has 4 rings (SSSR count). The van der Waals surface area contributed by atoms with Crippen LogP contribution in [-0.4, -0.2) is 21.7 Å². The maximum atomic E-state index is 12.0. The van der Waals surface area contributed by atoms with Gasteiger partial charge in [0.25, 0.3) is 0 Å². The molecular weight excluding hydrogens is 380 g/mol. The predicted octanol–water partition coefficient (Wildman–Crippen LogP) is 5.10. The van der Waals surface area contributed by atoms with Crippen molar-refractivity contribution in [1.82, 2.24) is 9.97 Å². The van der Waals surface area contributed by atoms with E-state index in [0.717, 1.165) is 20.1 Å². The molecule has 4 aromatic rings. The van der Waals surface area contributed by atoms with Crippen molar-refractivity contribution in [3.05, 3.63) is 66.1 Å². The molecule has 2 aromatic heterocycles.